The molecule has 0 aliphatic carbocycles. The van der Waals surface area contributed by atoms with E-state index in [0.29, 0.717) is 12.2 Å². The van der Waals surface area contributed by atoms with Crippen LogP contribution in [-0.2, 0) is 25.5 Å². The summed E-state index contributed by atoms with van der Waals surface area (Å²) >= 11 is 7.96. The number of aliphatic carboxylic acids is 2. The highest BCUT2D eigenvalue weighted by molar-refractivity contribution is 7.99. The van der Waals surface area contributed by atoms with Crippen LogP contribution in [0.15, 0.2) is 58.3 Å². The third kappa shape index (κ3) is 8.76. The molecule has 210 valence electrons. The third-order valence-corrected chi connectivity index (χ3v) is 8.21. The molecule has 3 aliphatic heterocycles. The molecule has 5 rings (SSSR count). The number of halogens is 2. The smallest absolute Gasteiger partial charge is 0.328 e. The highest BCUT2D eigenvalue weighted by Gasteiger charge is 2.30. The van der Waals surface area contributed by atoms with Crippen molar-refractivity contribution in [1.82, 2.24) is 9.80 Å². The Labute approximate surface area is 236 Å². The van der Waals surface area contributed by atoms with E-state index in [1.807, 2.05) is 12.1 Å². The first kappa shape index (κ1) is 29.5. The van der Waals surface area contributed by atoms with E-state index in [1.54, 1.807) is 23.9 Å². The molecule has 11 heteroatoms. The monoisotopic (exact) mass is 578 g/mol. The zero-order valence-electron chi connectivity index (χ0n) is 21.4. The van der Waals surface area contributed by atoms with E-state index in [4.69, 9.17) is 31.3 Å². The van der Waals surface area contributed by atoms with E-state index in [9.17, 15) is 14.0 Å². The zero-order chi connectivity index (χ0) is 27.8. The first-order valence-corrected chi connectivity index (χ1v) is 14.1. The number of hydrogen-bond acceptors (Lipinski definition) is 7. The van der Waals surface area contributed by atoms with Crippen LogP contribution in [0.1, 0.15) is 30.0 Å². The van der Waals surface area contributed by atoms with Gasteiger partial charge in [0.2, 0.25) is 0 Å². The van der Waals surface area contributed by atoms with Crippen LogP contribution in [0.2, 0.25) is 5.02 Å². The summed E-state index contributed by atoms with van der Waals surface area (Å²) in [5.41, 5.74) is 2.46. The number of piperazine rings is 1. The zero-order valence-corrected chi connectivity index (χ0v) is 23.0. The van der Waals surface area contributed by atoms with Gasteiger partial charge in [0.05, 0.1) is 13.2 Å². The van der Waals surface area contributed by atoms with Crippen LogP contribution in [0.5, 0.6) is 0 Å². The second-order valence-corrected chi connectivity index (χ2v) is 11.0. The lowest BCUT2D eigenvalue weighted by molar-refractivity contribution is -0.183. The van der Waals surface area contributed by atoms with Gasteiger partial charge in [0, 0.05) is 72.2 Å². The summed E-state index contributed by atoms with van der Waals surface area (Å²) in [7, 11) is 0. The Kier molecular flexibility index (Phi) is 10.8. The van der Waals surface area contributed by atoms with Crippen LogP contribution in [0.4, 0.5) is 4.39 Å². The van der Waals surface area contributed by atoms with E-state index >= 15 is 0 Å². The van der Waals surface area contributed by atoms with Crippen molar-refractivity contribution in [2.75, 3.05) is 45.9 Å². The van der Waals surface area contributed by atoms with Crippen molar-refractivity contribution in [3.05, 3.63) is 70.5 Å². The molecule has 0 bridgehead atoms. The Balaban J connectivity index is 0.000000386. The van der Waals surface area contributed by atoms with Crippen LogP contribution in [0, 0.1) is 5.82 Å². The third-order valence-electron chi connectivity index (χ3n) is 6.78. The summed E-state index contributed by atoms with van der Waals surface area (Å²) in [5, 5.41) is 16.4. The number of carboxylic acid groups (broad SMARTS) is 2. The summed E-state index contributed by atoms with van der Waals surface area (Å²) in [4.78, 5) is 26.3. The van der Waals surface area contributed by atoms with Gasteiger partial charge in [0.1, 0.15) is 5.82 Å². The number of carboxylic acids is 2. The van der Waals surface area contributed by atoms with Crippen molar-refractivity contribution in [3.63, 3.8) is 0 Å². The quantitative estimate of drug-likeness (QED) is 0.472. The van der Waals surface area contributed by atoms with Gasteiger partial charge in [-0.15, -0.1) is 0 Å². The van der Waals surface area contributed by atoms with Crippen molar-refractivity contribution in [3.8, 4) is 0 Å². The second-order valence-electron chi connectivity index (χ2n) is 9.46. The van der Waals surface area contributed by atoms with Crippen LogP contribution in [-0.4, -0.2) is 84.2 Å². The maximum atomic E-state index is 14.1. The molecule has 0 saturated carbocycles. The van der Waals surface area contributed by atoms with Crippen molar-refractivity contribution < 1.29 is 33.7 Å². The van der Waals surface area contributed by atoms with E-state index in [0.717, 1.165) is 75.1 Å². The molecule has 1 atom stereocenters. The molecule has 1 unspecified atom stereocenters. The van der Waals surface area contributed by atoms with Crippen LogP contribution in [0.3, 0.4) is 0 Å². The fourth-order valence-electron chi connectivity index (χ4n) is 4.87. The van der Waals surface area contributed by atoms with Gasteiger partial charge in [-0.3, -0.25) is 4.90 Å². The molecule has 3 heterocycles. The Bertz CT molecular complexity index is 1170. The number of hydrogen-bond donors (Lipinski definition) is 2. The maximum Gasteiger partial charge on any atom is 0.328 e. The largest absolute Gasteiger partial charge is 0.478 e. The van der Waals surface area contributed by atoms with E-state index in [-0.39, 0.29) is 18.1 Å². The molecule has 0 amide bonds. The summed E-state index contributed by atoms with van der Waals surface area (Å²) < 4.78 is 25.4. The van der Waals surface area contributed by atoms with Crippen LogP contribution < -0.4 is 0 Å². The fraction of sp³-hybridized carbons (Fsp3) is 0.429. The van der Waals surface area contributed by atoms with Crippen LogP contribution >= 0.6 is 23.4 Å². The standard InChI is InChI=1S/C24H28ClFN2O2S.C4H4O4/c25-18-2-5-22-17(14-18)15-21(20-4-3-19(26)16-23(20)31-22)28-10-8-27(9-11-28)7-6-24-29-12-1-13-30-24;5-3(6)1-2-4(7)8/h2-5,14,16,21,24H,1,6-13,15H2;1-2H,(H,5,6)(H,7,8)/b;2-1-. The molecule has 2 aromatic carbocycles. The lowest BCUT2D eigenvalue weighted by Crippen LogP contribution is -2.48. The number of rotatable bonds is 6. The Morgan fingerprint density at radius 3 is 2.36 bits per heavy atom. The van der Waals surface area contributed by atoms with Crippen molar-refractivity contribution in [2.45, 2.75) is 41.4 Å². The summed E-state index contributed by atoms with van der Waals surface area (Å²) in [6.45, 7) is 6.65. The molecule has 2 fully saturated rings. The van der Waals surface area contributed by atoms with Gasteiger partial charge in [-0.2, -0.15) is 0 Å². The Morgan fingerprint density at radius 1 is 1.00 bits per heavy atom. The normalized spacial score (nSPS) is 20.4. The van der Waals surface area contributed by atoms with Crippen molar-refractivity contribution in [1.29, 1.82) is 0 Å². The lowest BCUT2D eigenvalue weighted by atomic mass is 9.96. The van der Waals surface area contributed by atoms with Gasteiger partial charge < -0.3 is 24.6 Å². The Morgan fingerprint density at radius 2 is 1.69 bits per heavy atom. The number of ether oxygens (including phenoxy) is 2. The van der Waals surface area contributed by atoms with E-state index in [2.05, 4.69) is 21.9 Å². The molecular formula is C28H32ClFN2O6S. The average Bonchev–Trinajstić information content (AvgIpc) is 3.08. The predicted octanol–water partition coefficient (Wildman–Crippen LogP) is 4.71. The minimum Gasteiger partial charge on any atom is -0.478 e. The van der Waals surface area contributed by atoms with E-state index < -0.39 is 11.9 Å². The van der Waals surface area contributed by atoms with Gasteiger partial charge in [0.25, 0.3) is 0 Å². The first-order chi connectivity index (χ1) is 18.8. The summed E-state index contributed by atoms with van der Waals surface area (Å²) in [6, 6.07) is 11.5. The van der Waals surface area contributed by atoms with Gasteiger partial charge in [-0.25, -0.2) is 14.0 Å². The highest BCUT2D eigenvalue weighted by atomic mass is 35.5. The minimum absolute atomic E-state index is 0.0475. The maximum absolute atomic E-state index is 14.1. The SMILES string of the molecule is Fc1ccc2c(c1)Sc1ccc(Cl)cc1CC2N1CCN(CCC2OCCCO2)CC1.O=C(O)/C=C\C(=O)O. The Hall–Kier alpha value is -2.47. The molecule has 3 aliphatic rings. The van der Waals surface area contributed by atoms with Gasteiger partial charge >= 0.3 is 11.9 Å². The van der Waals surface area contributed by atoms with Gasteiger partial charge in [-0.1, -0.05) is 29.4 Å². The topological polar surface area (TPSA) is 99.5 Å². The number of benzene rings is 2. The molecule has 0 radical (unpaired) electrons. The minimum atomic E-state index is -1.26. The first-order valence-electron chi connectivity index (χ1n) is 12.9. The second kappa shape index (κ2) is 14.2. The van der Waals surface area contributed by atoms with Crippen LogP contribution in [0.25, 0.3) is 0 Å². The van der Waals surface area contributed by atoms with Crippen molar-refractivity contribution >= 4 is 35.3 Å². The fourth-order valence-corrected chi connectivity index (χ4v) is 6.21. The highest BCUT2D eigenvalue weighted by Crippen LogP contribution is 2.44. The summed E-state index contributed by atoms with van der Waals surface area (Å²) in [6.07, 6.45) is 3.88. The molecule has 0 spiro atoms. The molecule has 39 heavy (non-hydrogen) atoms. The molecule has 2 saturated heterocycles. The molecule has 8 nitrogen and oxygen atoms in total. The molecule has 0 aromatic heterocycles. The molecule has 2 N–H and O–H groups in total. The predicted molar refractivity (Wildman–Crippen MR) is 146 cm³/mol. The van der Waals surface area contributed by atoms with E-state index in [1.165, 1.54) is 16.0 Å². The van der Waals surface area contributed by atoms with Crippen molar-refractivity contribution in [2.24, 2.45) is 0 Å². The molecular weight excluding hydrogens is 547 g/mol. The molecule has 2 aromatic rings. The van der Waals surface area contributed by atoms with Gasteiger partial charge in [-0.05, 0) is 54.3 Å². The van der Waals surface area contributed by atoms with Gasteiger partial charge in [0.15, 0.2) is 6.29 Å². The average molecular weight is 579 g/mol. The number of fused-ring (bicyclic) bond motifs is 2. The number of carbonyl (C=O) groups is 2. The number of nitrogens with zero attached hydrogens (tertiary/aromatic N) is 2. The lowest BCUT2D eigenvalue weighted by Gasteiger charge is -2.40. The summed E-state index contributed by atoms with van der Waals surface area (Å²) in [5.74, 6) is -2.70.